The first-order valence-corrected chi connectivity index (χ1v) is 14.5. The number of anilines is 2. The van der Waals surface area contributed by atoms with Crippen LogP contribution in [0.1, 0.15) is 25.0 Å². The minimum atomic E-state index is -0.237. The van der Waals surface area contributed by atoms with Crippen molar-refractivity contribution in [1.29, 1.82) is 0 Å². The van der Waals surface area contributed by atoms with Crippen molar-refractivity contribution in [1.82, 2.24) is 20.3 Å². The molecule has 2 aromatic heterocycles. The lowest BCUT2D eigenvalue weighted by atomic mass is 10.1. The van der Waals surface area contributed by atoms with Crippen LogP contribution in [-0.2, 0) is 22.6 Å². The molecule has 6 rings (SSSR count). The van der Waals surface area contributed by atoms with Gasteiger partial charge < -0.3 is 29.3 Å². The Morgan fingerprint density at radius 3 is 2.40 bits per heavy atom. The average molecular weight is 573 g/mol. The van der Waals surface area contributed by atoms with E-state index in [2.05, 4.69) is 41.1 Å². The number of nitrogens with one attached hydrogen (secondary N) is 1. The zero-order chi connectivity index (χ0) is 29.1. The molecule has 0 amide bonds. The van der Waals surface area contributed by atoms with Crippen molar-refractivity contribution in [2.75, 3.05) is 56.3 Å². The quantitative estimate of drug-likeness (QED) is 0.326. The van der Waals surface area contributed by atoms with Gasteiger partial charge in [0.2, 0.25) is 5.95 Å². The van der Waals surface area contributed by atoms with E-state index in [1.807, 2.05) is 18.2 Å². The van der Waals surface area contributed by atoms with Gasteiger partial charge in [-0.1, -0.05) is 12.1 Å². The zero-order valence-corrected chi connectivity index (χ0v) is 24.3. The average Bonchev–Trinajstić information content (AvgIpc) is 3.01. The molecule has 2 fully saturated rings. The summed E-state index contributed by atoms with van der Waals surface area (Å²) in [5, 5.41) is 4.36. The minimum absolute atomic E-state index is 0.0913. The number of nitrogens with zero attached hydrogens (tertiary/aromatic N) is 5. The fourth-order valence-electron chi connectivity index (χ4n) is 5.66. The number of rotatable bonds is 8. The van der Waals surface area contributed by atoms with E-state index in [0.29, 0.717) is 37.9 Å². The second-order valence-electron chi connectivity index (χ2n) is 10.9. The predicted molar refractivity (Wildman–Crippen MR) is 162 cm³/mol. The number of aromatic nitrogens is 3. The van der Waals surface area contributed by atoms with Crippen LogP contribution in [0, 0.1) is 5.82 Å². The lowest BCUT2D eigenvalue weighted by molar-refractivity contribution is -0.00570. The number of ether oxygens (including phenoxy) is 3. The summed E-state index contributed by atoms with van der Waals surface area (Å²) in [6, 6.07) is 16.7. The maximum Gasteiger partial charge on any atom is 0.229 e. The van der Waals surface area contributed by atoms with E-state index < -0.39 is 0 Å². The van der Waals surface area contributed by atoms with Gasteiger partial charge in [-0.15, -0.1) is 0 Å². The Labute approximate surface area is 245 Å². The van der Waals surface area contributed by atoms with Crippen LogP contribution in [0.2, 0.25) is 0 Å². The smallest absolute Gasteiger partial charge is 0.229 e. The summed E-state index contributed by atoms with van der Waals surface area (Å²) in [5.41, 5.74) is 4.48. The monoisotopic (exact) mass is 572 g/mol. The van der Waals surface area contributed by atoms with Crippen molar-refractivity contribution in [2.24, 2.45) is 0 Å². The molecule has 42 heavy (non-hydrogen) atoms. The highest BCUT2D eigenvalue weighted by Crippen LogP contribution is 2.31. The number of hydrogen-bond donors (Lipinski definition) is 1. The molecule has 10 heteroatoms. The summed E-state index contributed by atoms with van der Waals surface area (Å²) in [5.74, 6) is 2.13. The maximum absolute atomic E-state index is 13.3. The summed E-state index contributed by atoms with van der Waals surface area (Å²) < 4.78 is 30.5. The van der Waals surface area contributed by atoms with Gasteiger partial charge in [0.25, 0.3) is 0 Å². The zero-order valence-electron chi connectivity index (χ0n) is 24.3. The van der Waals surface area contributed by atoms with E-state index in [1.54, 1.807) is 19.2 Å². The van der Waals surface area contributed by atoms with Crippen LogP contribution in [0.15, 0.2) is 54.6 Å². The summed E-state index contributed by atoms with van der Waals surface area (Å²) in [4.78, 5) is 19.6. The molecular weight excluding hydrogens is 535 g/mol. The standard InChI is InChI=1S/C32H37FN6O3/c1-21-19-39(20-22(2)42-21)32-36-30-27(31(37-32)38-12-14-41-15-13-38)9-10-28(35-30)24-6-11-29(40-3)25(16-24)18-34-17-23-4-7-26(33)8-5-23/h4-11,16,21-22,34H,12-15,17-20H2,1-3H3/t21-,22+. The van der Waals surface area contributed by atoms with Gasteiger partial charge in [0.1, 0.15) is 17.4 Å². The molecule has 0 unspecified atom stereocenters. The molecule has 220 valence electrons. The number of halogens is 1. The van der Waals surface area contributed by atoms with Gasteiger partial charge in [-0.2, -0.15) is 9.97 Å². The van der Waals surface area contributed by atoms with Gasteiger partial charge in [0.05, 0.1) is 43.6 Å². The normalized spacial score (nSPS) is 19.3. The van der Waals surface area contributed by atoms with E-state index in [1.165, 1.54) is 12.1 Å². The number of morpholine rings is 2. The molecule has 2 saturated heterocycles. The van der Waals surface area contributed by atoms with Gasteiger partial charge in [0.15, 0.2) is 5.65 Å². The van der Waals surface area contributed by atoms with Gasteiger partial charge in [-0.05, 0) is 61.9 Å². The molecule has 1 N–H and O–H groups in total. The van der Waals surface area contributed by atoms with Gasteiger partial charge >= 0.3 is 0 Å². The molecule has 9 nitrogen and oxygen atoms in total. The van der Waals surface area contributed by atoms with Crippen LogP contribution in [0.25, 0.3) is 22.3 Å². The van der Waals surface area contributed by atoms with E-state index in [4.69, 9.17) is 29.2 Å². The lowest BCUT2D eigenvalue weighted by Gasteiger charge is -2.36. The highest BCUT2D eigenvalue weighted by Gasteiger charge is 2.27. The Kier molecular flexibility index (Phi) is 8.46. The number of methoxy groups -OCH3 is 1. The van der Waals surface area contributed by atoms with Crippen LogP contribution in [0.5, 0.6) is 5.75 Å². The number of pyridine rings is 1. The van der Waals surface area contributed by atoms with Gasteiger partial charge in [-0.25, -0.2) is 9.37 Å². The molecule has 4 heterocycles. The Morgan fingerprint density at radius 1 is 0.905 bits per heavy atom. The van der Waals surface area contributed by atoms with Crippen molar-refractivity contribution in [3.63, 3.8) is 0 Å². The largest absolute Gasteiger partial charge is 0.496 e. The Bertz CT molecular complexity index is 1520. The minimum Gasteiger partial charge on any atom is -0.496 e. The van der Waals surface area contributed by atoms with Crippen LogP contribution < -0.4 is 19.9 Å². The molecule has 2 aromatic carbocycles. The summed E-state index contributed by atoms with van der Waals surface area (Å²) in [7, 11) is 1.67. The first kappa shape index (κ1) is 28.3. The van der Waals surface area contributed by atoms with E-state index in [-0.39, 0.29) is 18.0 Å². The van der Waals surface area contributed by atoms with Gasteiger partial charge in [0, 0.05) is 50.4 Å². The van der Waals surface area contributed by atoms with Crippen molar-refractivity contribution in [3.8, 4) is 17.0 Å². The topological polar surface area (TPSA) is 84.9 Å². The van der Waals surface area contributed by atoms with Crippen LogP contribution in [-0.4, -0.2) is 73.7 Å². The second kappa shape index (κ2) is 12.6. The third kappa shape index (κ3) is 6.30. The van der Waals surface area contributed by atoms with Crippen molar-refractivity contribution < 1.29 is 18.6 Å². The first-order valence-electron chi connectivity index (χ1n) is 14.5. The summed E-state index contributed by atoms with van der Waals surface area (Å²) in [6.07, 6.45) is 0.183. The highest BCUT2D eigenvalue weighted by molar-refractivity contribution is 5.90. The molecule has 2 atom stereocenters. The molecule has 0 spiro atoms. The van der Waals surface area contributed by atoms with Crippen molar-refractivity contribution >= 4 is 22.8 Å². The van der Waals surface area contributed by atoms with Crippen molar-refractivity contribution in [3.05, 3.63) is 71.5 Å². The van der Waals surface area contributed by atoms with Gasteiger partial charge in [-0.3, -0.25) is 0 Å². The molecule has 0 radical (unpaired) electrons. The molecule has 2 aliphatic rings. The molecular formula is C32H37FN6O3. The Morgan fingerprint density at radius 2 is 1.67 bits per heavy atom. The summed E-state index contributed by atoms with van der Waals surface area (Å²) >= 11 is 0. The SMILES string of the molecule is COc1ccc(-c2ccc3c(N4CCOCC4)nc(N4C[C@@H](C)O[C@@H](C)C4)nc3n2)cc1CNCc1ccc(F)cc1. The van der Waals surface area contributed by atoms with Crippen LogP contribution in [0.4, 0.5) is 16.2 Å². The maximum atomic E-state index is 13.3. The van der Waals surface area contributed by atoms with E-state index in [0.717, 1.165) is 65.5 Å². The number of benzene rings is 2. The van der Waals surface area contributed by atoms with Crippen molar-refractivity contribution in [2.45, 2.75) is 39.1 Å². The van der Waals surface area contributed by atoms with Crippen LogP contribution >= 0.6 is 0 Å². The highest BCUT2D eigenvalue weighted by atomic mass is 19.1. The van der Waals surface area contributed by atoms with Crippen LogP contribution in [0.3, 0.4) is 0 Å². The fraction of sp³-hybridized carbons (Fsp3) is 0.406. The number of fused-ring (bicyclic) bond motifs is 1. The predicted octanol–water partition coefficient (Wildman–Crippen LogP) is 4.58. The third-order valence-corrected chi connectivity index (χ3v) is 7.67. The number of hydrogen-bond acceptors (Lipinski definition) is 9. The van der Waals surface area contributed by atoms with E-state index >= 15 is 0 Å². The third-order valence-electron chi connectivity index (χ3n) is 7.67. The lowest BCUT2D eigenvalue weighted by Crippen LogP contribution is -2.46. The molecule has 0 saturated carbocycles. The summed E-state index contributed by atoms with van der Waals surface area (Å²) in [6.45, 7) is 9.70. The Hall–Kier alpha value is -3.86. The molecule has 4 aromatic rings. The molecule has 0 bridgehead atoms. The first-order chi connectivity index (χ1) is 20.5. The molecule has 0 aliphatic carbocycles. The Balaban J connectivity index is 1.32. The van der Waals surface area contributed by atoms with E-state index in [9.17, 15) is 4.39 Å². The second-order valence-corrected chi connectivity index (χ2v) is 10.9. The fourth-order valence-corrected chi connectivity index (χ4v) is 5.66. The molecule has 2 aliphatic heterocycles.